The topological polar surface area (TPSA) is 128 Å². The molecule has 0 aliphatic carbocycles. The van der Waals surface area contributed by atoms with Crippen molar-refractivity contribution in [1.29, 1.82) is 10.7 Å². The van der Waals surface area contributed by atoms with E-state index in [1.165, 1.54) is 25.1 Å². The van der Waals surface area contributed by atoms with E-state index in [1.807, 2.05) is 0 Å². The molecule has 1 atom stereocenters. The second kappa shape index (κ2) is 8.60. The highest BCUT2D eigenvalue weighted by molar-refractivity contribution is 7.92. The molecule has 0 aliphatic rings. The van der Waals surface area contributed by atoms with E-state index in [2.05, 4.69) is 0 Å². The molecular weight excluding hydrogens is 370 g/mol. The van der Waals surface area contributed by atoms with Crippen LogP contribution >= 0.6 is 11.6 Å². The molecule has 10 heteroatoms. The first-order valence-electron chi connectivity index (χ1n) is 6.92. The van der Waals surface area contributed by atoms with Crippen LogP contribution in [0.3, 0.4) is 0 Å². The lowest BCUT2D eigenvalue weighted by Crippen LogP contribution is -2.36. The SMILES string of the molecule is CC(=N)C(C#N)C(=O)COC(=O)CN(c1cccc(Cl)c1)S(C)(=O)=O. The predicted molar refractivity (Wildman–Crippen MR) is 92.1 cm³/mol. The summed E-state index contributed by atoms with van der Waals surface area (Å²) < 4.78 is 29.3. The van der Waals surface area contributed by atoms with Gasteiger partial charge in [0, 0.05) is 10.7 Å². The normalized spacial score (nSPS) is 11.9. The molecule has 1 aromatic rings. The van der Waals surface area contributed by atoms with E-state index in [0.29, 0.717) is 0 Å². The first-order valence-corrected chi connectivity index (χ1v) is 9.15. The number of hydrogen-bond donors (Lipinski definition) is 1. The highest BCUT2D eigenvalue weighted by Crippen LogP contribution is 2.21. The summed E-state index contributed by atoms with van der Waals surface area (Å²) in [7, 11) is -3.80. The van der Waals surface area contributed by atoms with Gasteiger partial charge >= 0.3 is 5.97 Å². The van der Waals surface area contributed by atoms with Gasteiger partial charge in [0.05, 0.1) is 18.0 Å². The van der Waals surface area contributed by atoms with Gasteiger partial charge in [0.25, 0.3) is 0 Å². The fraction of sp³-hybridized carbons (Fsp3) is 0.333. The summed E-state index contributed by atoms with van der Waals surface area (Å²) in [6.45, 7) is -0.0914. The Morgan fingerprint density at radius 1 is 1.44 bits per heavy atom. The van der Waals surface area contributed by atoms with Crippen molar-refractivity contribution < 1.29 is 22.7 Å². The van der Waals surface area contributed by atoms with Crippen LogP contribution in [0.2, 0.25) is 5.02 Å². The molecular formula is C15H16ClN3O5S. The zero-order valence-electron chi connectivity index (χ0n) is 13.5. The number of nitriles is 1. The van der Waals surface area contributed by atoms with Crippen LogP contribution in [0.15, 0.2) is 24.3 Å². The number of carbonyl (C=O) groups excluding carboxylic acids is 2. The number of ketones is 1. The number of benzene rings is 1. The number of Topliss-reactive ketones (excluding diaryl/α,β-unsaturated/α-hetero) is 1. The lowest BCUT2D eigenvalue weighted by molar-refractivity contribution is -0.146. The average Bonchev–Trinajstić information content (AvgIpc) is 2.49. The molecule has 0 amide bonds. The molecule has 8 nitrogen and oxygen atoms in total. The molecule has 25 heavy (non-hydrogen) atoms. The molecule has 0 saturated carbocycles. The van der Waals surface area contributed by atoms with Crippen LogP contribution < -0.4 is 4.31 Å². The molecule has 0 fully saturated rings. The fourth-order valence-corrected chi connectivity index (χ4v) is 2.86. The smallest absolute Gasteiger partial charge is 0.327 e. The van der Waals surface area contributed by atoms with Crippen LogP contribution in [0.25, 0.3) is 0 Å². The number of rotatable bonds is 8. The molecule has 1 aromatic carbocycles. The Hall–Kier alpha value is -2.44. The summed E-state index contributed by atoms with van der Waals surface area (Å²) >= 11 is 5.83. The van der Waals surface area contributed by atoms with E-state index in [9.17, 15) is 18.0 Å². The van der Waals surface area contributed by atoms with E-state index in [4.69, 9.17) is 27.0 Å². The lowest BCUT2D eigenvalue weighted by Gasteiger charge is -2.21. The van der Waals surface area contributed by atoms with Gasteiger partial charge in [-0.2, -0.15) is 5.26 Å². The number of esters is 1. The van der Waals surface area contributed by atoms with Gasteiger partial charge in [0.1, 0.15) is 12.5 Å². The Labute approximate surface area is 150 Å². The van der Waals surface area contributed by atoms with Crippen molar-refractivity contribution in [3.63, 3.8) is 0 Å². The maximum Gasteiger partial charge on any atom is 0.327 e. The Morgan fingerprint density at radius 2 is 2.08 bits per heavy atom. The Bertz CT molecular complexity index is 832. The number of ether oxygens (including phenoxy) is 1. The van der Waals surface area contributed by atoms with Gasteiger partial charge in [-0.3, -0.25) is 13.9 Å². The molecule has 0 spiro atoms. The maximum absolute atomic E-state index is 11.9. The number of carbonyl (C=O) groups is 2. The number of nitrogens with zero attached hydrogens (tertiary/aromatic N) is 2. The Kier molecular flexibility index (Phi) is 7.09. The van der Waals surface area contributed by atoms with Gasteiger partial charge in [-0.05, 0) is 25.1 Å². The van der Waals surface area contributed by atoms with Crippen LogP contribution in [-0.4, -0.2) is 45.3 Å². The van der Waals surface area contributed by atoms with Crippen molar-refractivity contribution in [3.05, 3.63) is 29.3 Å². The Balaban J connectivity index is 2.83. The van der Waals surface area contributed by atoms with Crippen molar-refractivity contribution in [2.24, 2.45) is 5.92 Å². The number of sulfonamides is 1. The van der Waals surface area contributed by atoms with E-state index in [-0.39, 0.29) is 16.4 Å². The second-order valence-electron chi connectivity index (χ2n) is 5.12. The maximum atomic E-state index is 11.9. The third-order valence-electron chi connectivity index (χ3n) is 3.03. The number of nitrogens with one attached hydrogen (secondary N) is 1. The van der Waals surface area contributed by atoms with Crippen LogP contribution in [0, 0.1) is 22.7 Å². The average molecular weight is 386 g/mol. The second-order valence-corrected chi connectivity index (χ2v) is 7.46. The van der Waals surface area contributed by atoms with Crippen LogP contribution in [0.1, 0.15) is 6.92 Å². The molecule has 1 unspecified atom stereocenters. The Morgan fingerprint density at radius 3 is 2.56 bits per heavy atom. The minimum Gasteiger partial charge on any atom is -0.456 e. The van der Waals surface area contributed by atoms with Crippen LogP contribution in [0.5, 0.6) is 0 Å². The highest BCUT2D eigenvalue weighted by Gasteiger charge is 2.25. The lowest BCUT2D eigenvalue weighted by atomic mass is 10.0. The highest BCUT2D eigenvalue weighted by atomic mass is 35.5. The number of anilines is 1. The van der Waals surface area contributed by atoms with Crippen molar-refractivity contribution >= 4 is 44.8 Å². The van der Waals surface area contributed by atoms with Crippen molar-refractivity contribution in [1.82, 2.24) is 0 Å². The van der Waals surface area contributed by atoms with E-state index in [1.54, 1.807) is 12.1 Å². The standard InChI is InChI=1S/C15H16ClN3O5S/c1-10(18)13(7-17)14(20)9-24-15(21)8-19(25(2,22)23)12-5-3-4-11(16)6-12/h3-6,13,18H,8-9H2,1-2H3. The van der Waals surface area contributed by atoms with Gasteiger partial charge in [-0.15, -0.1) is 0 Å². The summed E-state index contributed by atoms with van der Waals surface area (Å²) in [6, 6.07) is 7.52. The fourth-order valence-electron chi connectivity index (χ4n) is 1.84. The predicted octanol–water partition coefficient (Wildman–Crippen LogP) is 1.40. The molecule has 0 heterocycles. The minimum absolute atomic E-state index is 0.166. The van der Waals surface area contributed by atoms with Gasteiger partial charge in [-0.25, -0.2) is 8.42 Å². The van der Waals surface area contributed by atoms with Crippen LogP contribution in [0.4, 0.5) is 5.69 Å². The molecule has 1 N–H and O–H groups in total. The van der Waals surface area contributed by atoms with Gasteiger partial charge < -0.3 is 10.1 Å². The van der Waals surface area contributed by atoms with E-state index >= 15 is 0 Å². The number of halogens is 1. The quantitative estimate of drug-likeness (QED) is 0.532. The molecule has 134 valence electrons. The minimum atomic E-state index is -3.80. The molecule has 1 rings (SSSR count). The molecule has 0 radical (unpaired) electrons. The summed E-state index contributed by atoms with van der Waals surface area (Å²) in [5.41, 5.74) is 0.00347. The molecule has 0 aromatic heterocycles. The zero-order chi connectivity index (χ0) is 19.2. The third-order valence-corrected chi connectivity index (χ3v) is 4.40. The van der Waals surface area contributed by atoms with Crippen molar-refractivity contribution in [3.8, 4) is 6.07 Å². The summed E-state index contributed by atoms with van der Waals surface area (Å²) in [5, 5.41) is 16.4. The molecule has 0 saturated heterocycles. The molecule has 0 bridgehead atoms. The van der Waals surface area contributed by atoms with Crippen molar-refractivity contribution in [2.45, 2.75) is 6.92 Å². The van der Waals surface area contributed by atoms with Crippen LogP contribution in [-0.2, 0) is 24.3 Å². The van der Waals surface area contributed by atoms with E-state index < -0.39 is 40.8 Å². The largest absolute Gasteiger partial charge is 0.456 e. The van der Waals surface area contributed by atoms with Crippen molar-refractivity contribution in [2.75, 3.05) is 23.7 Å². The summed E-state index contributed by atoms with van der Waals surface area (Å²) in [4.78, 5) is 23.6. The van der Waals surface area contributed by atoms with Gasteiger partial charge in [0.2, 0.25) is 10.0 Å². The zero-order valence-corrected chi connectivity index (χ0v) is 15.1. The molecule has 0 aliphatic heterocycles. The van der Waals surface area contributed by atoms with Gasteiger partial charge in [-0.1, -0.05) is 17.7 Å². The first kappa shape index (κ1) is 20.6. The third kappa shape index (κ3) is 6.17. The monoisotopic (exact) mass is 385 g/mol. The first-order chi connectivity index (χ1) is 11.6. The number of hydrogen-bond acceptors (Lipinski definition) is 7. The summed E-state index contributed by atoms with van der Waals surface area (Å²) in [6.07, 6.45) is 0.913. The van der Waals surface area contributed by atoms with Gasteiger partial charge in [0.15, 0.2) is 12.4 Å². The summed E-state index contributed by atoms with van der Waals surface area (Å²) in [5.74, 6) is -3.03. The van der Waals surface area contributed by atoms with E-state index in [0.717, 1.165) is 10.6 Å².